The van der Waals surface area contributed by atoms with Crippen molar-refractivity contribution in [2.45, 2.75) is 26.3 Å². The van der Waals surface area contributed by atoms with Gasteiger partial charge in [0.15, 0.2) is 0 Å². The molecule has 2 unspecified atom stereocenters. The molecule has 0 heterocycles. The Labute approximate surface area is 102 Å². The van der Waals surface area contributed by atoms with Crippen molar-refractivity contribution in [3.63, 3.8) is 0 Å². The molecule has 88 valence electrons. The van der Waals surface area contributed by atoms with Gasteiger partial charge >= 0.3 is 0 Å². The third-order valence-corrected chi connectivity index (χ3v) is 3.07. The molecule has 1 aromatic rings. The number of rotatable bonds is 5. The molecule has 0 aromatic heterocycles. The SMILES string of the molecule is CCC(NC(=O)C(C)CCl)c1ccccc1. The van der Waals surface area contributed by atoms with E-state index >= 15 is 0 Å². The topological polar surface area (TPSA) is 29.1 Å². The summed E-state index contributed by atoms with van der Waals surface area (Å²) in [7, 11) is 0. The van der Waals surface area contributed by atoms with Crippen molar-refractivity contribution in [2.75, 3.05) is 5.88 Å². The molecule has 0 aliphatic heterocycles. The molecule has 0 bridgehead atoms. The van der Waals surface area contributed by atoms with E-state index in [9.17, 15) is 4.79 Å². The van der Waals surface area contributed by atoms with Crippen molar-refractivity contribution in [1.29, 1.82) is 0 Å². The fourth-order valence-corrected chi connectivity index (χ4v) is 1.63. The van der Waals surface area contributed by atoms with Gasteiger partial charge in [0.1, 0.15) is 0 Å². The van der Waals surface area contributed by atoms with Crippen molar-refractivity contribution in [1.82, 2.24) is 5.32 Å². The Morgan fingerprint density at radius 1 is 1.38 bits per heavy atom. The molecule has 1 aromatic carbocycles. The van der Waals surface area contributed by atoms with Gasteiger partial charge in [0, 0.05) is 11.8 Å². The number of nitrogens with one attached hydrogen (secondary N) is 1. The van der Waals surface area contributed by atoms with E-state index in [0.717, 1.165) is 12.0 Å². The predicted octanol–water partition coefficient (Wildman–Crippen LogP) is 3.13. The normalized spacial score (nSPS) is 14.2. The molecule has 0 saturated heterocycles. The van der Waals surface area contributed by atoms with Gasteiger partial charge in [-0.05, 0) is 12.0 Å². The highest BCUT2D eigenvalue weighted by molar-refractivity contribution is 6.19. The maximum Gasteiger partial charge on any atom is 0.224 e. The summed E-state index contributed by atoms with van der Waals surface area (Å²) in [6.45, 7) is 3.89. The Morgan fingerprint density at radius 3 is 2.50 bits per heavy atom. The van der Waals surface area contributed by atoms with Gasteiger partial charge in [-0.15, -0.1) is 11.6 Å². The van der Waals surface area contributed by atoms with E-state index in [2.05, 4.69) is 12.2 Å². The van der Waals surface area contributed by atoms with E-state index in [1.165, 1.54) is 0 Å². The smallest absolute Gasteiger partial charge is 0.224 e. The Hall–Kier alpha value is -1.02. The van der Waals surface area contributed by atoms with Crippen LogP contribution in [0.5, 0.6) is 0 Å². The molecule has 1 N–H and O–H groups in total. The molecule has 0 aliphatic rings. The number of hydrogen-bond acceptors (Lipinski definition) is 1. The molecule has 2 nitrogen and oxygen atoms in total. The first-order chi connectivity index (χ1) is 7.69. The fourth-order valence-electron chi connectivity index (χ4n) is 1.49. The second-order valence-corrected chi connectivity index (χ2v) is 4.24. The zero-order valence-electron chi connectivity index (χ0n) is 9.74. The van der Waals surface area contributed by atoms with Gasteiger partial charge in [-0.1, -0.05) is 44.2 Å². The average Bonchev–Trinajstić information content (AvgIpc) is 2.35. The van der Waals surface area contributed by atoms with E-state index in [4.69, 9.17) is 11.6 Å². The largest absolute Gasteiger partial charge is 0.349 e. The maximum atomic E-state index is 11.7. The number of carbonyl (C=O) groups is 1. The highest BCUT2D eigenvalue weighted by atomic mass is 35.5. The van der Waals surface area contributed by atoms with Crippen molar-refractivity contribution in [3.05, 3.63) is 35.9 Å². The zero-order chi connectivity index (χ0) is 12.0. The van der Waals surface area contributed by atoms with Crippen LogP contribution in [0, 0.1) is 5.92 Å². The number of halogens is 1. The number of carbonyl (C=O) groups excluding carboxylic acids is 1. The van der Waals surface area contributed by atoms with E-state index in [1.54, 1.807) is 0 Å². The van der Waals surface area contributed by atoms with Crippen LogP contribution in [-0.4, -0.2) is 11.8 Å². The van der Waals surface area contributed by atoms with E-state index < -0.39 is 0 Å². The number of amides is 1. The van der Waals surface area contributed by atoms with Crippen LogP contribution in [-0.2, 0) is 4.79 Å². The number of alkyl halides is 1. The van der Waals surface area contributed by atoms with Crippen LogP contribution < -0.4 is 5.32 Å². The van der Waals surface area contributed by atoms with E-state index in [1.807, 2.05) is 37.3 Å². The first-order valence-electron chi connectivity index (χ1n) is 5.60. The minimum atomic E-state index is -0.139. The summed E-state index contributed by atoms with van der Waals surface area (Å²) >= 11 is 5.66. The molecule has 1 rings (SSSR count). The summed E-state index contributed by atoms with van der Waals surface area (Å²) in [6.07, 6.45) is 0.880. The second-order valence-electron chi connectivity index (χ2n) is 3.94. The standard InChI is InChI=1S/C13H18ClNO/c1-3-12(11-7-5-4-6-8-11)15-13(16)10(2)9-14/h4-8,10,12H,3,9H2,1-2H3,(H,15,16). The predicted molar refractivity (Wildman–Crippen MR) is 67.5 cm³/mol. The summed E-state index contributed by atoms with van der Waals surface area (Å²) < 4.78 is 0. The second kappa shape index (κ2) is 6.54. The molecule has 2 atom stereocenters. The molecule has 0 aliphatic carbocycles. The maximum absolute atomic E-state index is 11.7. The van der Waals surface area contributed by atoms with Crippen LogP contribution in [0.4, 0.5) is 0 Å². The molecule has 1 amide bonds. The number of benzene rings is 1. The monoisotopic (exact) mass is 239 g/mol. The Morgan fingerprint density at radius 2 is 2.00 bits per heavy atom. The number of hydrogen-bond donors (Lipinski definition) is 1. The Bertz CT molecular complexity index is 326. The summed E-state index contributed by atoms with van der Waals surface area (Å²) in [6, 6.07) is 10.1. The molecule has 0 saturated carbocycles. The summed E-state index contributed by atoms with van der Waals surface area (Å²) in [5.74, 6) is 0.238. The summed E-state index contributed by atoms with van der Waals surface area (Å²) in [5.41, 5.74) is 1.14. The summed E-state index contributed by atoms with van der Waals surface area (Å²) in [4.78, 5) is 11.7. The van der Waals surface area contributed by atoms with Crippen molar-refractivity contribution >= 4 is 17.5 Å². The van der Waals surface area contributed by atoms with E-state index in [0.29, 0.717) is 5.88 Å². The van der Waals surface area contributed by atoms with E-state index in [-0.39, 0.29) is 17.9 Å². The zero-order valence-corrected chi connectivity index (χ0v) is 10.5. The van der Waals surface area contributed by atoms with Gasteiger partial charge in [-0.3, -0.25) is 4.79 Å². The van der Waals surface area contributed by atoms with Crippen molar-refractivity contribution < 1.29 is 4.79 Å². The first kappa shape index (κ1) is 13.0. The van der Waals surface area contributed by atoms with Crippen LogP contribution in [0.1, 0.15) is 31.9 Å². The van der Waals surface area contributed by atoms with Gasteiger partial charge in [0.2, 0.25) is 5.91 Å². The lowest BCUT2D eigenvalue weighted by atomic mass is 10.0. The Balaban J connectivity index is 2.66. The highest BCUT2D eigenvalue weighted by Gasteiger charge is 2.16. The van der Waals surface area contributed by atoms with Crippen molar-refractivity contribution in [2.24, 2.45) is 5.92 Å². The lowest BCUT2D eigenvalue weighted by molar-refractivity contribution is -0.124. The summed E-state index contributed by atoms with van der Waals surface area (Å²) in [5, 5.41) is 3.01. The molecule has 0 spiro atoms. The van der Waals surface area contributed by atoms with Crippen molar-refractivity contribution in [3.8, 4) is 0 Å². The quantitative estimate of drug-likeness (QED) is 0.786. The molecule has 3 heteroatoms. The highest BCUT2D eigenvalue weighted by Crippen LogP contribution is 2.16. The van der Waals surface area contributed by atoms with Crippen LogP contribution in [0.3, 0.4) is 0 Å². The van der Waals surface area contributed by atoms with Crippen LogP contribution in [0.15, 0.2) is 30.3 Å². The molecular formula is C13H18ClNO. The molecule has 0 fully saturated rings. The van der Waals surface area contributed by atoms with Crippen LogP contribution >= 0.6 is 11.6 Å². The molecule has 0 radical (unpaired) electrons. The fraction of sp³-hybridized carbons (Fsp3) is 0.462. The lowest BCUT2D eigenvalue weighted by Crippen LogP contribution is -2.33. The third-order valence-electron chi connectivity index (χ3n) is 2.61. The van der Waals surface area contributed by atoms with Crippen LogP contribution in [0.25, 0.3) is 0 Å². The molecule has 16 heavy (non-hydrogen) atoms. The van der Waals surface area contributed by atoms with Gasteiger partial charge in [-0.25, -0.2) is 0 Å². The molecular weight excluding hydrogens is 222 g/mol. The van der Waals surface area contributed by atoms with Gasteiger partial charge in [-0.2, -0.15) is 0 Å². The third kappa shape index (κ3) is 3.53. The van der Waals surface area contributed by atoms with Gasteiger partial charge < -0.3 is 5.32 Å². The first-order valence-corrected chi connectivity index (χ1v) is 6.13. The average molecular weight is 240 g/mol. The Kier molecular flexibility index (Phi) is 5.33. The lowest BCUT2D eigenvalue weighted by Gasteiger charge is -2.19. The van der Waals surface area contributed by atoms with Gasteiger partial charge in [0.25, 0.3) is 0 Å². The minimum absolute atomic E-state index is 0.0192. The minimum Gasteiger partial charge on any atom is -0.349 e. The van der Waals surface area contributed by atoms with Gasteiger partial charge in [0.05, 0.1) is 6.04 Å². The van der Waals surface area contributed by atoms with Crippen LogP contribution in [0.2, 0.25) is 0 Å².